The number of carbonyl (C=O) groups excluding carboxylic acids is 1. The third-order valence-corrected chi connectivity index (χ3v) is 3.84. The van der Waals surface area contributed by atoms with Crippen LogP contribution in [0.3, 0.4) is 0 Å². The van der Waals surface area contributed by atoms with E-state index < -0.39 is 0 Å². The van der Waals surface area contributed by atoms with Crippen LogP contribution in [0.25, 0.3) is 6.08 Å². The molecule has 24 heavy (non-hydrogen) atoms. The van der Waals surface area contributed by atoms with Crippen LogP contribution in [-0.4, -0.2) is 26.8 Å². The molecule has 6 nitrogen and oxygen atoms in total. The number of nitrogens with one attached hydrogen (secondary N) is 1. The number of aryl methyl sites for hydroxylation is 1. The topological polar surface area (TPSA) is 69.0 Å². The highest BCUT2D eigenvalue weighted by Crippen LogP contribution is 2.21. The van der Waals surface area contributed by atoms with Crippen molar-refractivity contribution >= 4 is 12.0 Å². The van der Waals surface area contributed by atoms with Gasteiger partial charge in [0.25, 0.3) is 0 Å². The van der Waals surface area contributed by atoms with E-state index in [1.165, 1.54) is 6.08 Å². The minimum atomic E-state index is -0.186. The number of hydrogen-bond acceptors (Lipinski definition) is 4. The number of rotatable bonds is 7. The Kier molecular flexibility index (Phi) is 6.12. The van der Waals surface area contributed by atoms with Crippen molar-refractivity contribution in [2.45, 2.75) is 39.8 Å². The first-order valence-corrected chi connectivity index (χ1v) is 8.07. The summed E-state index contributed by atoms with van der Waals surface area (Å²) in [5.74, 6) is 2.12. The van der Waals surface area contributed by atoms with Crippen molar-refractivity contribution in [3.8, 4) is 5.75 Å². The summed E-state index contributed by atoms with van der Waals surface area (Å²) >= 11 is 0. The lowest BCUT2D eigenvalue weighted by atomic mass is 10.2. The van der Waals surface area contributed by atoms with Gasteiger partial charge in [-0.3, -0.25) is 4.79 Å². The molecule has 1 N–H and O–H groups in total. The third kappa shape index (κ3) is 4.68. The molecule has 128 valence electrons. The molecule has 1 unspecified atom stereocenters. The molecule has 0 aliphatic carbocycles. The van der Waals surface area contributed by atoms with Crippen molar-refractivity contribution in [3.63, 3.8) is 0 Å². The van der Waals surface area contributed by atoms with Crippen LogP contribution in [0.1, 0.15) is 37.5 Å². The Balaban J connectivity index is 1.97. The molecule has 0 aliphatic heterocycles. The maximum atomic E-state index is 12.0. The van der Waals surface area contributed by atoms with Crippen molar-refractivity contribution in [2.24, 2.45) is 7.05 Å². The zero-order valence-corrected chi connectivity index (χ0v) is 14.6. The maximum Gasteiger partial charge on any atom is 0.244 e. The van der Waals surface area contributed by atoms with Crippen molar-refractivity contribution in [2.75, 3.05) is 0 Å². The largest absolute Gasteiger partial charge is 0.490 e. The lowest BCUT2D eigenvalue weighted by Gasteiger charge is -2.14. The van der Waals surface area contributed by atoms with Crippen LogP contribution in [-0.2, 0) is 18.4 Å². The smallest absolute Gasteiger partial charge is 0.244 e. The van der Waals surface area contributed by atoms with Crippen molar-refractivity contribution in [3.05, 3.63) is 47.6 Å². The van der Waals surface area contributed by atoms with Gasteiger partial charge in [-0.05, 0) is 32.4 Å². The first kappa shape index (κ1) is 17.7. The van der Waals surface area contributed by atoms with Gasteiger partial charge in [-0.25, -0.2) is 0 Å². The summed E-state index contributed by atoms with van der Waals surface area (Å²) in [6.07, 6.45) is 4.32. The van der Waals surface area contributed by atoms with E-state index in [1.807, 2.05) is 49.7 Å². The van der Waals surface area contributed by atoms with Gasteiger partial charge in [0, 0.05) is 18.7 Å². The second-order valence-electron chi connectivity index (χ2n) is 5.65. The fourth-order valence-corrected chi connectivity index (χ4v) is 2.02. The summed E-state index contributed by atoms with van der Waals surface area (Å²) in [4.78, 5) is 12.0. The van der Waals surface area contributed by atoms with Crippen LogP contribution in [0, 0.1) is 6.92 Å². The summed E-state index contributed by atoms with van der Waals surface area (Å²) in [5.41, 5.74) is 0.877. The second-order valence-corrected chi connectivity index (χ2v) is 5.65. The van der Waals surface area contributed by atoms with Crippen LogP contribution in [0.2, 0.25) is 0 Å². The molecule has 6 heteroatoms. The van der Waals surface area contributed by atoms with Gasteiger partial charge in [0.15, 0.2) is 5.82 Å². The molecular formula is C18H24N4O2. The lowest BCUT2D eigenvalue weighted by Crippen LogP contribution is -2.22. The summed E-state index contributed by atoms with van der Waals surface area (Å²) in [6, 6.07) is 7.68. The maximum absolute atomic E-state index is 12.0. The van der Waals surface area contributed by atoms with E-state index in [9.17, 15) is 4.79 Å². The number of para-hydroxylation sites is 1. The van der Waals surface area contributed by atoms with Crippen LogP contribution in [0.15, 0.2) is 30.3 Å². The number of carbonyl (C=O) groups is 1. The van der Waals surface area contributed by atoms with Crippen LogP contribution in [0.4, 0.5) is 0 Å². The van der Waals surface area contributed by atoms with E-state index in [2.05, 4.69) is 22.4 Å². The molecule has 2 aromatic rings. The fraction of sp³-hybridized carbons (Fsp3) is 0.389. The Labute approximate surface area is 142 Å². The van der Waals surface area contributed by atoms with E-state index in [0.717, 1.165) is 29.4 Å². The minimum Gasteiger partial charge on any atom is -0.490 e. The predicted octanol–water partition coefficient (Wildman–Crippen LogP) is 2.63. The van der Waals surface area contributed by atoms with Gasteiger partial charge in [-0.1, -0.05) is 25.1 Å². The number of ether oxygens (including phenoxy) is 1. The number of hydrogen-bond donors (Lipinski definition) is 1. The number of aromatic nitrogens is 3. The summed E-state index contributed by atoms with van der Waals surface area (Å²) in [6.45, 7) is 6.30. The van der Waals surface area contributed by atoms with E-state index in [1.54, 1.807) is 6.08 Å². The zero-order chi connectivity index (χ0) is 17.5. The molecule has 0 radical (unpaired) electrons. The molecule has 1 atom stereocenters. The quantitative estimate of drug-likeness (QED) is 0.793. The molecular weight excluding hydrogens is 304 g/mol. The average Bonchev–Trinajstić information content (AvgIpc) is 2.91. The lowest BCUT2D eigenvalue weighted by molar-refractivity contribution is -0.116. The Hall–Kier alpha value is -2.63. The van der Waals surface area contributed by atoms with Gasteiger partial charge >= 0.3 is 0 Å². The SMILES string of the molecule is CCC(C)Oc1ccccc1/C=C/C(=O)NCc1nnc(C)n1C. The molecule has 1 heterocycles. The molecule has 2 rings (SSSR count). The van der Waals surface area contributed by atoms with Gasteiger partial charge in [0.1, 0.15) is 11.6 Å². The minimum absolute atomic E-state index is 0.132. The molecule has 0 spiro atoms. The predicted molar refractivity (Wildman–Crippen MR) is 93.4 cm³/mol. The van der Waals surface area contributed by atoms with Crippen molar-refractivity contribution in [1.82, 2.24) is 20.1 Å². The Morgan fingerprint density at radius 2 is 2.12 bits per heavy atom. The normalized spacial score (nSPS) is 12.3. The van der Waals surface area contributed by atoms with Crippen LogP contribution >= 0.6 is 0 Å². The third-order valence-electron chi connectivity index (χ3n) is 3.84. The Bertz CT molecular complexity index is 722. The zero-order valence-electron chi connectivity index (χ0n) is 14.6. The fourth-order valence-electron chi connectivity index (χ4n) is 2.02. The monoisotopic (exact) mass is 328 g/mol. The van der Waals surface area contributed by atoms with Crippen LogP contribution in [0.5, 0.6) is 5.75 Å². The average molecular weight is 328 g/mol. The number of nitrogens with zero attached hydrogens (tertiary/aromatic N) is 3. The summed E-state index contributed by atoms with van der Waals surface area (Å²) in [5, 5.41) is 10.8. The molecule has 0 saturated heterocycles. The van der Waals surface area contributed by atoms with Crippen LogP contribution < -0.4 is 10.1 Å². The Morgan fingerprint density at radius 1 is 1.38 bits per heavy atom. The van der Waals surface area contributed by atoms with E-state index in [-0.39, 0.29) is 12.0 Å². The van der Waals surface area contributed by atoms with Gasteiger partial charge in [0.2, 0.25) is 5.91 Å². The van der Waals surface area contributed by atoms with Gasteiger partial charge in [-0.15, -0.1) is 10.2 Å². The number of amides is 1. The first-order valence-electron chi connectivity index (χ1n) is 8.07. The van der Waals surface area contributed by atoms with Gasteiger partial charge in [0.05, 0.1) is 12.6 Å². The standard InChI is InChI=1S/C18H24N4O2/c1-5-13(2)24-16-9-7-6-8-15(16)10-11-18(23)19-12-17-21-20-14(3)22(17)4/h6-11,13H,5,12H2,1-4H3,(H,19,23)/b11-10+. The molecule has 1 aromatic heterocycles. The molecule has 0 saturated carbocycles. The van der Waals surface area contributed by atoms with Gasteiger partial charge in [-0.2, -0.15) is 0 Å². The molecule has 0 bridgehead atoms. The van der Waals surface area contributed by atoms with E-state index in [4.69, 9.17) is 4.74 Å². The number of benzene rings is 1. The highest BCUT2D eigenvalue weighted by molar-refractivity contribution is 5.92. The summed E-state index contributed by atoms with van der Waals surface area (Å²) < 4.78 is 7.72. The first-order chi connectivity index (χ1) is 11.5. The van der Waals surface area contributed by atoms with Crippen molar-refractivity contribution in [1.29, 1.82) is 0 Å². The molecule has 0 fully saturated rings. The molecule has 0 aliphatic rings. The van der Waals surface area contributed by atoms with E-state index >= 15 is 0 Å². The van der Waals surface area contributed by atoms with Gasteiger partial charge < -0.3 is 14.6 Å². The highest BCUT2D eigenvalue weighted by Gasteiger charge is 2.07. The highest BCUT2D eigenvalue weighted by atomic mass is 16.5. The second kappa shape index (κ2) is 8.29. The van der Waals surface area contributed by atoms with Crippen molar-refractivity contribution < 1.29 is 9.53 Å². The van der Waals surface area contributed by atoms with E-state index in [0.29, 0.717) is 6.54 Å². The molecule has 1 aromatic carbocycles. The Morgan fingerprint density at radius 3 is 2.79 bits per heavy atom. The summed E-state index contributed by atoms with van der Waals surface area (Å²) in [7, 11) is 1.87. The molecule has 1 amide bonds.